The van der Waals surface area contributed by atoms with Crippen molar-refractivity contribution in [1.29, 1.82) is 0 Å². The summed E-state index contributed by atoms with van der Waals surface area (Å²) >= 11 is 6.14. The number of anilines is 1. The smallest absolute Gasteiger partial charge is 0.255 e. The normalized spacial score (nSPS) is 17.1. The molecule has 23 heavy (non-hydrogen) atoms. The molecule has 1 heterocycles. The molecule has 0 radical (unpaired) electrons. The standard InChI is InChI=1S/C16H22ClN3O2.ClH/c1-10(2)7-15(21)19-12-3-4-14(17)13(8-12)16(22)20-6-5-11(18)9-20;/h3-4,8,10-11H,5-7,9,18H2,1-2H3,(H,19,21);1H/t11-;/m1./s1. The monoisotopic (exact) mass is 359 g/mol. The molecule has 1 aromatic carbocycles. The molecule has 0 aliphatic carbocycles. The van der Waals surface area contributed by atoms with Crippen molar-refractivity contribution in [1.82, 2.24) is 4.90 Å². The molecule has 0 saturated carbocycles. The van der Waals surface area contributed by atoms with Crippen molar-refractivity contribution in [2.45, 2.75) is 32.7 Å². The Hall–Kier alpha value is -1.30. The number of nitrogens with one attached hydrogen (secondary N) is 1. The SMILES string of the molecule is CC(C)CC(=O)Nc1ccc(Cl)c(C(=O)N2CC[C@@H](N)C2)c1.Cl. The van der Waals surface area contributed by atoms with Crippen molar-refractivity contribution < 1.29 is 9.59 Å². The van der Waals surface area contributed by atoms with Gasteiger partial charge in [-0.3, -0.25) is 9.59 Å². The first-order chi connectivity index (χ1) is 10.4. The molecule has 5 nitrogen and oxygen atoms in total. The first-order valence-corrected chi connectivity index (χ1v) is 7.89. The molecule has 2 amide bonds. The van der Waals surface area contributed by atoms with Crippen LogP contribution in [0.5, 0.6) is 0 Å². The Bertz CT molecular complexity index is 578. The summed E-state index contributed by atoms with van der Waals surface area (Å²) < 4.78 is 0. The lowest BCUT2D eigenvalue weighted by atomic mass is 10.1. The quantitative estimate of drug-likeness (QED) is 0.867. The number of rotatable bonds is 4. The van der Waals surface area contributed by atoms with Gasteiger partial charge < -0.3 is 16.0 Å². The van der Waals surface area contributed by atoms with Gasteiger partial charge in [-0.1, -0.05) is 25.4 Å². The molecule has 1 aliphatic rings. The summed E-state index contributed by atoms with van der Waals surface area (Å²) in [4.78, 5) is 26.0. The summed E-state index contributed by atoms with van der Waals surface area (Å²) in [6, 6.07) is 4.99. The number of hydrogen-bond donors (Lipinski definition) is 2. The highest BCUT2D eigenvalue weighted by Gasteiger charge is 2.26. The molecule has 1 saturated heterocycles. The van der Waals surface area contributed by atoms with Crippen LogP contribution in [0.25, 0.3) is 0 Å². The van der Waals surface area contributed by atoms with Crippen LogP contribution in [0.1, 0.15) is 37.0 Å². The predicted molar refractivity (Wildman–Crippen MR) is 95.3 cm³/mol. The van der Waals surface area contributed by atoms with E-state index in [2.05, 4.69) is 5.32 Å². The molecule has 1 fully saturated rings. The van der Waals surface area contributed by atoms with Crippen molar-refractivity contribution in [2.75, 3.05) is 18.4 Å². The van der Waals surface area contributed by atoms with Gasteiger partial charge in [-0.05, 0) is 30.5 Å². The summed E-state index contributed by atoms with van der Waals surface area (Å²) in [5.74, 6) is 0.0660. The maximum absolute atomic E-state index is 12.5. The van der Waals surface area contributed by atoms with Gasteiger partial charge >= 0.3 is 0 Å². The van der Waals surface area contributed by atoms with Crippen molar-refractivity contribution in [3.8, 4) is 0 Å². The predicted octanol–water partition coefficient (Wildman–Crippen LogP) is 2.92. The van der Waals surface area contributed by atoms with Gasteiger partial charge in [-0.25, -0.2) is 0 Å². The van der Waals surface area contributed by atoms with Crippen LogP contribution >= 0.6 is 24.0 Å². The minimum Gasteiger partial charge on any atom is -0.337 e. The molecular formula is C16H23Cl2N3O2. The Morgan fingerprint density at radius 3 is 2.70 bits per heavy atom. The Morgan fingerprint density at radius 1 is 1.43 bits per heavy atom. The molecule has 1 aromatic rings. The lowest BCUT2D eigenvalue weighted by molar-refractivity contribution is -0.116. The number of carbonyl (C=O) groups is 2. The van der Waals surface area contributed by atoms with E-state index in [9.17, 15) is 9.59 Å². The third-order valence-electron chi connectivity index (χ3n) is 3.59. The van der Waals surface area contributed by atoms with Crippen molar-refractivity contribution >= 4 is 41.5 Å². The fourth-order valence-electron chi connectivity index (χ4n) is 2.49. The zero-order chi connectivity index (χ0) is 16.3. The maximum Gasteiger partial charge on any atom is 0.255 e. The number of benzene rings is 1. The molecule has 0 spiro atoms. The van der Waals surface area contributed by atoms with Crippen LogP contribution in [0.3, 0.4) is 0 Å². The van der Waals surface area contributed by atoms with Crippen LogP contribution in [0.15, 0.2) is 18.2 Å². The average Bonchev–Trinajstić information content (AvgIpc) is 2.86. The number of carbonyl (C=O) groups excluding carboxylic acids is 2. The highest BCUT2D eigenvalue weighted by Crippen LogP contribution is 2.24. The Balaban J connectivity index is 0.00000264. The lowest BCUT2D eigenvalue weighted by Crippen LogP contribution is -2.32. The average molecular weight is 360 g/mol. The van der Waals surface area contributed by atoms with Gasteiger partial charge in [0.1, 0.15) is 0 Å². The lowest BCUT2D eigenvalue weighted by Gasteiger charge is -2.17. The molecule has 1 aliphatic heterocycles. The first kappa shape index (κ1) is 19.7. The molecule has 7 heteroatoms. The number of nitrogens with zero attached hydrogens (tertiary/aromatic N) is 1. The number of nitrogens with two attached hydrogens (primary N) is 1. The highest BCUT2D eigenvalue weighted by atomic mass is 35.5. The van der Waals surface area contributed by atoms with Gasteiger partial charge in [0.2, 0.25) is 5.91 Å². The van der Waals surface area contributed by atoms with E-state index in [1.165, 1.54) is 0 Å². The van der Waals surface area contributed by atoms with E-state index < -0.39 is 0 Å². The van der Waals surface area contributed by atoms with Gasteiger partial charge in [-0.2, -0.15) is 0 Å². The van der Waals surface area contributed by atoms with E-state index in [1.54, 1.807) is 23.1 Å². The van der Waals surface area contributed by atoms with E-state index in [0.717, 1.165) is 6.42 Å². The molecule has 128 valence electrons. The summed E-state index contributed by atoms with van der Waals surface area (Å²) in [6.07, 6.45) is 1.24. The molecule has 2 rings (SSSR count). The molecule has 0 aromatic heterocycles. The number of halogens is 2. The summed E-state index contributed by atoms with van der Waals surface area (Å²) in [5.41, 5.74) is 6.82. The van der Waals surface area contributed by atoms with E-state index in [0.29, 0.717) is 35.8 Å². The third-order valence-corrected chi connectivity index (χ3v) is 3.92. The van der Waals surface area contributed by atoms with Crippen LogP contribution in [0.2, 0.25) is 5.02 Å². The van der Waals surface area contributed by atoms with Gasteiger partial charge in [0.25, 0.3) is 5.91 Å². The zero-order valence-corrected chi connectivity index (χ0v) is 14.9. The highest BCUT2D eigenvalue weighted by molar-refractivity contribution is 6.34. The molecule has 0 bridgehead atoms. The Morgan fingerprint density at radius 2 is 2.13 bits per heavy atom. The van der Waals surface area contributed by atoms with Crippen LogP contribution in [0.4, 0.5) is 5.69 Å². The van der Waals surface area contributed by atoms with E-state index in [1.807, 2.05) is 13.8 Å². The van der Waals surface area contributed by atoms with Gasteiger partial charge in [0.05, 0.1) is 10.6 Å². The summed E-state index contributed by atoms with van der Waals surface area (Å²) in [5, 5.41) is 3.18. The van der Waals surface area contributed by atoms with Crippen molar-refractivity contribution in [2.24, 2.45) is 11.7 Å². The van der Waals surface area contributed by atoms with Crippen LogP contribution in [-0.2, 0) is 4.79 Å². The molecule has 0 unspecified atom stereocenters. The van der Waals surface area contributed by atoms with E-state index in [4.69, 9.17) is 17.3 Å². The fraction of sp³-hybridized carbons (Fsp3) is 0.500. The van der Waals surface area contributed by atoms with Gasteiger partial charge in [0.15, 0.2) is 0 Å². The Kier molecular flexibility index (Phi) is 7.32. The topological polar surface area (TPSA) is 75.4 Å². The fourth-order valence-corrected chi connectivity index (χ4v) is 2.69. The second-order valence-corrected chi connectivity index (χ2v) is 6.55. The molecule has 3 N–H and O–H groups in total. The van der Waals surface area contributed by atoms with Gasteiger partial charge in [0, 0.05) is 31.2 Å². The first-order valence-electron chi connectivity index (χ1n) is 7.51. The zero-order valence-electron chi connectivity index (χ0n) is 13.3. The Labute approximate surface area is 148 Å². The van der Waals surface area contributed by atoms with Crippen LogP contribution < -0.4 is 11.1 Å². The van der Waals surface area contributed by atoms with Crippen molar-refractivity contribution in [3.63, 3.8) is 0 Å². The molecular weight excluding hydrogens is 337 g/mol. The summed E-state index contributed by atoms with van der Waals surface area (Å²) in [7, 11) is 0. The van der Waals surface area contributed by atoms with Crippen molar-refractivity contribution in [3.05, 3.63) is 28.8 Å². The van der Waals surface area contributed by atoms with Gasteiger partial charge in [-0.15, -0.1) is 12.4 Å². The van der Waals surface area contributed by atoms with Crippen LogP contribution in [0, 0.1) is 5.92 Å². The minimum absolute atomic E-state index is 0. The maximum atomic E-state index is 12.5. The molecule has 1 atom stereocenters. The number of likely N-dealkylation sites (tertiary alicyclic amines) is 1. The number of amides is 2. The van der Waals surface area contributed by atoms with E-state index >= 15 is 0 Å². The second-order valence-electron chi connectivity index (χ2n) is 6.14. The second kappa shape index (κ2) is 8.52. The third kappa shape index (κ3) is 5.37. The minimum atomic E-state index is -0.141. The largest absolute Gasteiger partial charge is 0.337 e. The summed E-state index contributed by atoms with van der Waals surface area (Å²) in [6.45, 7) is 5.14. The van der Waals surface area contributed by atoms with E-state index in [-0.39, 0.29) is 36.2 Å². The van der Waals surface area contributed by atoms with Crippen LogP contribution in [-0.4, -0.2) is 35.8 Å². The number of hydrogen-bond acceptors (Lipinski definition) is 3.